The van der Waals surface area contributed by atoms with Gasteiger partial charge in [-0.1, -0.05) is 20.8 Å². The summed E-state index contributed by atoms with van der Waals surface area (Å²) in [5.74, 6) is 4.72. The summed E-state index contributed by atoms with van der Waals surface area (Å²) < 4.78 is 11.2. The summed E-state index contributed by atoms with van der Waals surface area (Å²) in [6.45, 7) is 9.54. The molecule has 0 aromatic carbocycles. The van der Waals surface area contributed by atoms with Gasteiger partial charge in [0.05, 0.1) is 0 Å². The number of hydrogen-bond acceptors (Lipinski definition) is 3. The number of thioether (sulfide) groups is 1. The topological polar surface area (TPSA) is 29.1 Å². The van der Waals surface area contributed by atoms with Crippen LogP contribution in [-0.2, 0) is 10.8 Å². The Hall–Kier alpha value is 0.460. The Morgan fingerprint density at radius 2 is 1.93 bits per heavy atom. The van der Waals surface area contributed by atoms with E-state index in [-0.39, 0.29) is 0 Å². The fourth-order valence-electron chi connectivity index (χ4n) is 1.10. The van der Waals surface area contributed by atoms with Crippen LogP contribution in [0.3, 0.4) is 0 Å². The molecule has 2 nitrogen and oxygen atoms in total. The third-order valence-electron chi connectivity index (χ3n) is 1.96. The summed E-state index contributed by atoms with van der Waals surface area (Å²) in [6.07, 6.45) is 0. The molecule has 0 aliphatic carbocycles. The van der Waals surface area contributed by atoms with Crippen LogP contribution >= 0.6 is 11.8 Å². The first kappa shape index (κ1) is 15.5. The molecule has 15 heavy (non-hydrogen) atoms. The number of nitrogens with one attached hydrogen (secondary N) is 1. The molecule has 0 spiro atoms. The van der Waals surface area contributed by atoms with Crippen LogP contribution in [0.5, 0.6) is 0 Å². The van der Waals surface area contributed by atoms with Gasteiger partial charge in [-0.05, 0) is 18.6 Å². The third kappa shape index (κ3) is 10.7. The van der Waals surface area contributed by atoms with Crippen LogP contribution in [0.4, 0.5) is 0 Å². The van der Waals surface area contributed by atoms with Gasteiger partial charge in [-0.3, -0.25) is 4.21 Å². The van der Waals surface area contributed by atoms with Crippen molar-refractivity contribution in [2.24, 2.45) is 5.92 Å². The Bertz CT molecular complexity index is 174. The molecule has 0 saturated carbocycles. The van der Waals surface area contributed by atoms with Crippen LogP contribution in [0.1, 0.15) is 27.7 Å². The van der Waals surface area contributed by atoms with Crippen LogP contribution in [-0.4, -0.2) is 39.8 Å². The van der Waals surface area contributed by atoms with Gasteiger partial charge >= 0.3 is 0 Å². The molecule has 1 N–H and O–H groups in total. The van der Waals surface area contributed by atoms with Gasteiger partial charge in [0, 0.05) is 40.6 Å². The van der Waals surface area contributed by atoms with E-state index in [1.807, 2.05) is 18.7 Å². The first-order valence-corrected chi connectivity index (χ1v) is 8.36. The zero-order valence-corrected chi connectivity index (χ0v) is 12.0. The summed E-state index contributed by atoms with van der Waals surface area (Å²) in [6, 6.07) is 0.530. The zero-order chi connectivity index (χ0) is 11.7. The highest BCUT2D eigenvalue weighted by molar-refractivity contribution is 7.99. The van der Waals surface area contributed by atoms with Gasteiger partial charge < -0.3 is 5.32 Å². The third-order valence-corrected chi connectivity index (χ3v) is 4.91. The highest BCUT2D eigenvalue weighted by Gasteiger charge is 2.03. The van der Waals surface area contributed by atoms with E-state index in [4.69, 9.17) is 0 Å². The van der Waals surface area contributed by atoms with Gasteiger partial charge in [-0.25, -0.2) is 0 Å². The van der Waals surface area contributed by atoms with Crippen molar-refractivity contribution in [1.82, 2.24) is 5.32 Å². The average Bonchev–Trinajstić information content (AvgIpc) is 2.17. The standard InChI is InChI=1S/C11H25NOS2/c1-5-15(13)7-6-12-11(4)9-14-8-10(2)3/h10-12H,5-9H2,1-4H3. The SMILES string of the molecule is CCS(=O)CCNC(C)CSCC(C)C. The molecule has 0 rings (SSSR count). The summed E-state index contributed by atoms with van der Waals surface area (Å²) in [5, 5.41) is 3.41. The first-order valence-electron chi connectivity index (χ1n) is 5.72. The predicted octanol–water partition coefficient (Wildman–Crippen LogP) is 2.12. The van der Waals surface area contributed by atoms with Crippen LogP contribution in [0.2, 0.25) is 0 Å². The van der Waals surface area contributed by atoms with Gasteiger partial charge in [0.2, 0.25) is 0 Å². The average molecular weight is 251 g/mol. The van der Waals surface area contributed by atoms with Crippen molar-refractivity contribution in [3.8, 4) is 0 Å². The largest absolute Gasteiger partial charge is 0.313 e. The minimum Gasteiger partial charge on any atom is -0.313 e. The molecule has 92 valence electrons. The lowest BCUT2D eigenvalue weighted by Crippen LogP contribution is -2.32. The Labute approximate surface area is 101 Å². The van der Waals surface area contributed by atoms with E-state index in [9.17, 15) is 4.21 Å². The normalized spacial score (nSPS) is 15.5. The second kappa shape index (κ2) is 9.67. The Morgan fingerprint density at radius 3 is 2.47 bits per heavy atom. The summed E-state index contributed by atoms with van der Waals surface area (Å²) in [7, 11) is -0.626. The second-order valence-electron chi connectivity index (χ2n) is 4.22. The van der Waals surface area contributed by atoms with Gasteiger partial charge in [-0.2, -0.15) is 11.8 Å². The highest BCUT2D eigenvalue weighted by atomic mass is 32.2. The lowest BCUT2D eigenvalue weighted by Gasteiger charge is -2.13. The lowest BCUT2D eigenvalue weighted by molar-refractivity contribution is 0.616. The fourth-order valence-corrected chi connectivity index (χ4v) is 2.82. The van der Waals surface area contributed by atoms with Crippen LogP contribution in [0.15, 0.2) is 0 Å². The van der Waals surface area contributed by atoms with Crippen molar-refractivity contribution in [3.63, 3.8) is 0 Å². The monoisotopic (exact) mass is 251 g/mol. The van der Waals surface area contributed by atoms with Crippen LogP contribution in [0, 0.1) is 5.92 Å². The van der Waals surface area contributed by atoms with Crippen molar-refractivity contribution < 1.29 is 4.21 Å². The summed E-state index contributed by atoms with van der Waals surface area (Å²) in [4.78, 5) is 0. The molecule has 4 heteroatoms. The van der Waals surface area contributed by atoms with Crippen molar-refractivity contribution in [2.75, 3.05) is 29.6 Å². The molecule has 0 aromatic heterocycles. The zero-order valence-electron chi connectivity index (χ0n) is 10.4. The molecule has 2 atom stereocenters. The summed E-state index contributed by atoms with van der Waals surface area (Å²) >= 11 is 2.00. The van der Waals surface area contributed by atoms with Gasteiger partial charge in [0.1, 0.15) is 0 Å². The molecule has 0 amide bonds. The smallest absolute Gasteiger partial charge is 0.0360 e. The molecule has 0 radical (unpaired) electrons. The molecule has 0 aliphatic heterocycles. The summed E-state index contributed by atoms with van der Waals surface area (Å²) in [5.41, 5.74) is 0. The van der Waals surface area contributed by atoms with Crippen LogP contribution in [0.25, 0.3) is 0 Å². The maximum Gasteiger partial charge on any atom is 0.0360 e. The molecule has 0 bridgehead atoms. The van der Waals surface area contributed by atoms with E-state index < -0.39 is 10.8 Å². The predicted molar refractivity (Wildman–Crippen MR) is 73.2 cm³/mol. The minimum atomic E-state index is -0.626. The molecule has 0 saturated heterocycles. The Kier molecular flexibility index (Phi) is 9.97. The fraction of sp³-hybridized carbons (Fsp3) is 1.00. The van der Waals surface area contributed by atoms with Gasteiger partial charge in [0.15, 0.2) is 0 Å². The first-order chi connectivity index (χ1) is 7.06. The lowest BCUT2D eigenvalue weighted by atomic mass is 10.3. The number of hydrogen-bond donors (Lipinski definition) is 1. The molecule has 0 heterocycles. The second-order valence-corrected chi connectivity index (χ2v) is 7.16. The molecule has 0 fully saturated rings. The molecule has 2 unspecified atom stereocenters. The minimum absolute atomic E-state index is 0.530. The van der Waals surface area contributed by atoms with Gasteiger partial charge in [0.25, 0.3) is 0 Å². The maximum absolute atomic E-state index is 11.2. The Balaban J connectivity index is 3.33. The van der Waals surface area contributed by atoms with E-state index >= 15 is 0 Å². The van der Waals surface area contributed by atoms with E-state index in [2.05, 4.69) is 26.1 Å². The van der Waals surface area contributed by atoms with Crippen molar-refractivity contribution >= 4 is 22.6 Å². The van der Waals surface area contributed by atoms with Crippen molar-refractivity contribution in [2.45, 2.75) is 33.7 Å². The van der Waals surface area contributed by atoms with E-state index in [1.54, 1.807) is 0 Å². The van der Waals surface area contributed by atoms with E-state index in [0.717, 1.165) is 29.7 Å². The van der Waals surface area contributed by atoms with Gasteiger partial charge in [-0.15, -0.1) is 0 Å². The molecular formula is C11H25NOS2. The van der Waals surface area contributed by atoms with Crippen LogP contribution < -0.4 is 5.32 Å². The molecule has 0 aliphatic rings. The quantitative estimate of drug-likeness (QED) is 0.680. The van der Waals surface area contributed by atoms with Crippen molar-refractivity contribution in [1.29, 1.82) is 0 Å². The maximum atomic E-state index is 11.2. The Morgan fingerprint density at radius 1 is 1.27 bits per heavy atom. The van der Waals surface area contributed by atoms with Crippen molar-refractivity contribution in [3.05, 3.63) is 0 Å². The van der Waals surface area contributed by atoms with E-state index in [1.165, 1.54) is 5.75 Å². The number of rotatable bonds is 9. The van der Waals surface area contributed by atoms with E-state index in [0.29, 0.717) is 6.04 Å². The molecular weight excluding hydrogens is 226 g/mol. The highest BCUT2D eigenvalue weighted by Crippen LogP contribution is 2.08. The molecule has 0 aromatic rings.